The summed E-state index contributed by atoms with van der Waals surface area (Å²) in [6.45, 7) is 2.30. The Morgan fingerprint density at radius 3 is 2.67 bits per heavy atom. The molecule has 1 N–H and O–H groups in total. The average molecular weight is 447 g/mol. The Bertz CT molecular complexity index is 1190. The van der Waals surface area contributed by atoms with Crippen LogP contribution in [0.5, 0.6) is 0 Å². The summed E-state index contributed by atoms with van der Waals surface area (Å²) in [6.07, 6.45) is 1.56. The minimum atomic E-state index is -3.80. The Balaban J connectivity index is 1.56. The van der Waals surface area contributed by atoms with Gasteiger partial charge in [0.05, 0.1) is 11.3 Å². The molecule has 1 aliphatic heterocycles. The molecule has 0 unspecified atom stereocenters. The minimum Gasteiger partial charge on any atom is -0.312 e. The van der Waals surface area contributed by atoms with Gasteiger partial charge in [0.1, 0.15) is 10.8 Å². The second-order valence-electron chi connectivity index (χ2n) is 6.97. The van der Waals surface area contributed by atoms with Crippen LogP contribution in [0.15, 0.2) is 47.4 Å². The largest absolute Gasteiger partial charge is 0.312 e. The molecule has 1 aliphatic rings. The minimum absolute atomic E-state index is 0.111. The van der Waals surface area contributed by atoms with Crippen LogP contribution in [-0.2, 0) is 27.7 Å². The first-order valence-corrected chi connectivity index (χ1v) is 11.6. The van der Waals surface area contributed by atoms with Gasteiger partial charge in [-0.25, -0.2) is 12.8 Å². The lowest BCUT2D eigenvalue weighted by Crippen LogP contribution is -2.36. The number of aryl methyl sites for hydroxylation is 2. The van der Waals surface area contributed by atoms with Gasteiger partial charge in [-0.2, -0.15) is 0 Å². The molecule has 156 valence electrons. The number of benzene rings is 2. The van der Waals surface area contributed by atoms with Crippen molar-refractivity contribution in [2.24, 2.45) is 0 Å². The molecular weight excluding hydrogens is 427 g/mol. The summed E-state index contributed by atoms with van der Waals surface area (Å²) >= 11 is 1.16. The first kappa shape index (κ1) is 20.4. The number of sulfonamides is 1. The molecule has 30 heavy (non-hydrogen) atoms. The van der Waals surface area contributed by atoms with E-state index in [2.05, 4.69) is 14.9 Å². The van der Waals surface area contributed by atoms with Gasteiger partial charge in [-0.1, -0.05) is 23.5 Å². The summed E-state index contributed by atoms with van der Waals surface area (Å²) in [5, 5.41) is 8.48. The van der Waals surface area contributed by atoms with Crippen LogP contribution in [0.2, 0.25) is 0 Å². The second kappa shape index (κ2) is 8.11. The molecular formula is C20H19FN4O3S2. The first-order valence-electron chi connectivity index (χ1n) is 9.32. The van der Waals surface area contributed by atoms with E-state index in [0.29, 0.717) is 23.7 Å². The number of carbonyl (C=O) groups is 1. The molecule has 2 heterocycles. The van der Waals surface area contributed by atoms with Crippen molar-refractivity contribution < 1.29 is 17.6 Å². The third-order valence-corrected chi connectivity index (χ3v) is 7.02. The molecule has 4 rings (SSSR count). The van der Waals surface area contributed by atoms with Gasteiger partial charge >= 0.3 is 0 Å². The van der Waals surface area contributed by atoms with Gasteiger partial charge in [0.2, 0.25) is 11.0 Å². The van der Waals surface area contributed by atoms with Crippen molar-refractivity contribution in [3.63, 3.8) is 0 Å². The summed E-state index contributed by atoms with van der Waals surface area (Å²) < 4.78 is 40.9. The van der Waals surface area contributed by atoms with Gasteiger partial charge in [0.15, 0.2) is 0 Å². The second-order valence-corrected chi connectivity index (χ2v) is 9.84. The molecule has 0 atom stereocenters. The predicted molar refractivity (Wildman–Crippen MR) is 113 cm³/mol. The smallest absolute Gasteiger partial charge is 0.263 e. The summed E-state index contributed by atoms with van der Waals surface area (Å²) in [4.78, 5) is 14.6. The van der Waals surface area contributed by atoms with Gasteiger partial charge in [-0.05, 0) is 61.2 Å². The fraction of sp³-hybridized carbons (Fsp3) is 0.250. The molecule has 0 bridgehead atoms. The zero-order valence-corrected chi connectivity index (χ0v) is 17.8. The maximum absolute atomic E-state index is 13.1. The number of amides is 1. The van der Waals surface area contributed by atoms with Crippen molar-refractivity contribution in [2.45, 2.75) is 31.1 Å². The number of halogens is 1. The van der Waals surface area contributed by atoms with Crippen LogP contribution in [-0.4, -0.2) is 31.1 Å². The molecule has 10 heteroatoms. The van der Waals surface area contributed by atoms with E-state index in [1.807, 2.05) is 0 Å². The highest BCUT2D eigenvalue weighted by atomic mass is 32.2. The first-order chi connectivity index (χ1) is 14.3. The van der Waals surface area contributed by atoms with Crippen LogP contribution in [0, 0.1) is 12.7 Å². The van der Waals surface area contributed by atoms with Crippen LogP contribution >= 0.6 is 11.3 Å². The normalized spacial score (nSPS) is 13.7. The van der Waals surface area contributed by atoms with E-state index >= 15 is 0 Å². The topological polar surface area (TPSA) is 92.3 Å². The standard InChI is InChI=1S/C20H19FN4O3S2/c1-13-22-23-20(29-13)24-30(27,28)17-8-9-18-15(12-17)3-2-10-25(18)19(26)11-14-4-6-16(21)7-5-14/h4-9,12H,2-3,10-11H2,1H3,(H,23,24). The van der Waals surface area contributed by atoms with Crippen molar-refractivity contribution in [1.29, 1.82) is 0 Å². The lowest BCUT2D eigenvalue weighted by Gasteiger charge is -2.30. The number of anilines is 2. The van der Waals surface area contributed by atoms with Gasteiger partial charge in [0.25, 0.3) is 10.0 Å². The van der Waals surface area contributed by atoms with Gasteiger partial charge in [-0.15, -0.1) is 10.2 Å². The van der Waals surface area contributed by atoms with E-state index in [1.54, 1.807) is 36.1 Å². The van der Waals surface area contributed by atoms with Crippen LogP contribution in [0.4, 0.5) is 15.2 Å². The molecule has 1 amide bonds. The van der Waals surface area contributed by atoms with Crippen molar-refractivity contribution in [1.82, 2.24) is 10.2 Å². The van der Waals surface area contributed by atoms with Crippen molar-refractivity contribution in [3.05, 3.63) is 64.4 Å². The van der Waals surface area contributed by atoms with Crippen molar-refractivity contribution in [3.8, 4) is 0 Å². The highest BCUT2D eigenvalue weighted by Crippen LogP contribution is 2.31. The molecule has 0 aliphatic carbocycles. The molecule has 1 aromatic heterocycles. The number of fused-ring (bicyclic) bond motifs is 1. The molecule has 7 nitrogen and oxygen atoms in total. The van der Waals surface area contributed by atoms with Crippen LogP contribution in [0.25, 0.3) is 0 Å². The van der Waals surface area contributed by atoms with Crippen LogP contribution in [0.1, 0.15) is 22.6 Å². The van der Waals surface area contributed by atoms with E-state index in [1.165, 1.54) is 18.2 Å². The molecule has 0 spiro atoms. The highest BCUT2D eigenvalue weighted by Gasteiger charge is 2.25. The summed E-state index contributed by atoms with van der Waals surface area (Å²) in [5.41, 5.74) is 2.23. The number of nitrogens with zero attached hydrogens (tertiary/aromatic N) is 3. The third-order valence-electron chi connectivity index (χ3n) is 4.80. The number of carbonyl (C=O) groups excluding carboxylic acids is 1. The van der Waals surface area contributed by atoms with E-state index in [-0.39, 0.29) is 28.2 Å². The van der Waals surface area contributed by atoms with Gasteiger partial charge < -0.3 is 4.90 Å². The Hall–Kier alpha value is -2.85. The number of hydrogen-bond acceptors (Lipinski definition) is 6. The van der Waals surface area contributed by atoms with E-state index in [4.69, 9.17) is 0 Å². The number of rotatable bonds is 5. The summed E-state index contributed by atoms with van der Waals surface area (Å²) in [7, 11) is -3.80. The molecule has 2 aromatic carbocycles. The summed E-state index contributed by atoms with van der Waals surface area (Å²) in [5.74, 6) is -0.457. The van der Waals surface area contributed by atoms with Crippen LogP contribution in [0.3, 0.4) is 0 Å². The SMILES string of the molecule is Cc1nnc(NS(=O)(=O)c2ccc3c(c2)CCCN3C(=O)Cc2ccc(F)cc2)s1. The Morgan fingerprint density at radius 2 is 1.97 bits per heavy atom. The lowest BCUT2D eigenvalue weighted by atomic mass is 10.0. The van der Waals surface area contributed by atoms with Crippen molar-refractivity contribution >= 4 is 38.1 Å². The zero-order valence-electron chi connectivity index (χ0n) is 16.1. The Morgan fingerprint density at radius 1 is 1.20 bits per heavy atom. The molecule has 0 fully saturated rings. The fourth-order valence-corrected chi connectivity index (χ4v) is 5.26. The summed E-state index contributed by atoms with van der Waals surface area (Å²) in [6, 6.07) is 10.6. The molecule has 0 saturated carbocycles. The van der Waals surface area contributed by atoms with Crippen LogP contribution < -0.4 is 9.62 Å². The fourth-order valence-electron chi connectivity index (χ4n) is 3.38. The number of aromatic nitrogens is 2. The average Bonchev–Trinajstić information content (AvgIpc) is 3.12. The monoisotopic (exact) mass is 446 g/mol. The third kappa shape index (κ3) is 4.34. The number of nitrogens with one attached hydrogen (secondary N) is 1. The Kier molecular flexibility index (Phi) is 5.52. The Labute approximate surface area is 177 Å². The highest BCUT2D eigenvalue weighted by molar-refractivity contribution is 7.93. The van der Waals surface area contributed by atoms with E-state index in [9.17, 15) is 17.6 Å². The molecule has 3 aromatic rings. The lowest BCUT2D eigenvalue weighted by molar-refractivity contribution is -0.118. The van der Waals surface area contributed by atoms with Gasteiger partial charge in [0, 0.05) is 12.2 Å². The van der Waals surface area contributed by atoms with E-state index in [0.717, 1.165) is 28.9 Å². The molecule has 0 saturated heterocycles. The zero-order chi connectivity index (χ0) is 21.3. The predicted octanol–water partition coefficient (Wildman–Crippen LogP) is 3.31. The van der Waals surface area contributed by atoms with Gasteiger partial charge in [-0.3, -0.25) is 9.52 Å². The maximum Gasteiger partial charge on any atom is 0.263 e. The van der Waals surface area contributed by atoms with Crippen molar-refractivity contribution in [2.75, 3.05) is 16.2 Å². The number of hydrogen-bond donors (Lipinski definition) is 1. The maximum atomic E-state index is 13.1. The molecule has 0 radical (unpaired) electrons. The van der Waals surface area contributed by atoms with E-state index < -0.39 is 10.0 Å². The quantitative estimate of drug-likeness (QED) is 0.649.